The molecule has 0 saturated carbocycles. The molecular weight excluding hydrogens is 494 g/mol. The number of nitrogens with one attached hydrogen (secondary N) is 1. The van der Waals surface area contributed by atoms with Crippen LogP contribution in [0.15, 0.2) is 103 Å². The Kier molecular flexibility index (Phi) is 7.21. The largest absolute Gasteiger partial charge is 0.481 e. The maximum atomic E-state index is 5.48. The van der Waals surface area contributed by atoms with E-state index in [2.05, 4.69) is 61.3 Å². The third kappa shape index (κ3) is 5.01. The number of hydrogen-bond acceptors (Lipinski definition) is 5. The second-order valence-electron chi connectivity index (χ2n) is 8.63. The van der Waals surface area contributed by atoms with Crippen LogP contribution in [-0.2, 0) is 6.42 Å². The van der Waals surface area contributed by atoms with Crippen molar-refractivity contribution < 1.29 is 4.74 Å². The number of anilines is 2. The highest BCUT2D eigenvalue weighted by molar-refractivity contribution is 5.95. The molecule has 186 valence electrons. The quantitative estimate of drug-likeness (QED) is 0.238. The van der Waals surface area contributed by atoms with Crippen molar-refractivity contribution in [3.63, 3.8) is 0 Å². The van der Waals surface area contributed by atoms with Gasteiger partial charge < -0.3 is 10.1 Å². The lowest BCUT2D eigenvalue weighted by Gasteiger charge is -2.12. The molecule has 0 spiro atoms. The fourth-order valence-corrected chi connectivity index (χ4v) is 4.43. The fourth-order valence-electron chi connectivity index (χ4n) is 4.43. The second kappa shape index (κ2) is 11.0. The van der Waals surface area contributed by atoms with Gasteiger partial charge in [-0.3, -0.25) is 4.57 Å². The molecule has 1 N–H and O–H groups in total. The number of hydrogen-bond donors (Lipinski definition) is 1. The van der Waals surface area contributed by atoms with Crippen molar-refractivity contribution in [3.05, 3.63) is 115 Å². The first-order chi connectivity index (χ1) is 18.3. The van der Waals surface area contributed by atoms with Crippen molar-refractivity contribution in [3.8, 4) is 23.8 Å². The maximum Gasteiger partial charge on any atom is 0.160 e. The van der Waals surface area contributed by atoms with Crippen LogP contribution in [0.3, 0.4) is 0 Å². The molecule has 0 saturated heterocycles. The van der Waals surface area contributed by atoms with Gasteiger partial charge >= 0.3 is 0 Å². The molecule has 0 aliphatic carbocycles. The molecule has 6 nitrogen and oxygen atoms in total. The molecule has 2 heterocycles. The van der Waals surface area contributed by atoms with E-state index < -0.39 is 0 Å². The zero-order valence-electron chi connectivity index (χ0n) is 20.4. The number of halogens is 1. The highest BCUT2D eigenvalue weighted by atomic mass is 35.5. The number of ether oxygens (including phenoxy) is 1. The van der Waals surface area contributed by atoms with E-state index in [9.17, 15) is 0 Å². The van der Waals surface area contributed by atoms with Crippen LogP contribution in [0.25, 0.3) is 27.5 Å². The van der Waals surface area contributed by atoms with Gasteiger partial charge in [0.1, 0.15) is 18.7 Å². The summed E-state index contributed by atoms with van der Waals surface area (Å²) >= 11 is 0. The Hall–Kier alpha value is -4.86. The van der Waals surface area contributed by atoms with Crippen molar-refractivity contribution >= 4 is 45.7 Å². The molecule has 2 aromatic heterocycles. The third-order valence-corrected chi connectivity index (χ3v) is 6.23. The summed E-state index contributed by atoms with van der Waals surface area (Å²) < 4.78 is 7.56. The topological polar surface area (TPSA) is 64.9 Å². The molecule has 0 unspecified atom stereocenters. The zero-order valence-corrected chi connectivity index (χ0v) is 21.2. The highest BCUT2D eigenvalue weighted by Crippen LogP contribution is 2.29. The van der Waals surface area contributed by atoms with Gasteiger partial charge in [-0.1, -0.05) is 60.5 Å². The van der Waals surface area contributed by atoms with Crippen molar-refractivity contribution in [1.82, 2.24) is 19.7 Å². The summed E-state index contributed by atoms with van der Waals surface area (Å²) in [5.41, 5.74) is 5.95. The van der Waals surface area contributed by atoms with E-state index in [0.29, 0.717) is 12.2 Å². The molecule has 4 aromatic carbocycles. The van der Waals surface area contributed by atoms with Crippen LogP contribution in [-0.4, -0.2) is 26.4 Å². The summed E-state index contributed by atoms with van der Waals surface area (Å²) in [6.07, 6.45) is 7.78. The summed E-state index contributed by atoms with van der Waals surface area (Å²) in [6.45, 7) is 0.256. The summed E-state index contributed by atoms with van der Waals surface area (Å²) in [6, 6.07) is 32.4. The van der Waals surface area contributed by atoms with Gasteiger partial charge in [0, 0.05) is 28.6 Å². The third-order valence-electron chi connectivity index (χ3n) is 6.23. The summed E-state index contributed by atoms with van der Waals surface area (Å²) in [5.74, 6) is 3.94. The Labute approximate surface area is 226 Å². The van der Waals surface area contributed by atoms with Crippen LogP contribution in [0.5, 0.6) is 5.75 Å². The maximum absolute atomic E-state index is 5.48. The molecule has 6 rings (SSSR count). The van der Waals surface area contributed by atoms with Gasteiger partial charge in [0.15, 0.2) is 5.82 Å². The van der Waals surface area contributed by atoms with Crippen LogP contribution in [0.4, 0.5) is 11.5 Å². The first-order valence-electron chi connectivity index (χ1n) is 12.0. The number of terminal acetylenes is 1. The number of aromatic nitrogens is 4. The zero-order chi connectivity index (χ0) is 25.0. The Morgan fingerprint density at radius 1 is 0.842 bits per heavy atom. The van der Waals surface area contributed by atoms with Gasteiger partial charge in [0.25, 0.3) is 0 Å². The molecule has 7 heteroatoms. The molecule has 38 heavy (non-hydrogen) atoms. The first kappa shape index (κ1) is 24.8. The minimum Gasteiger partial charge on any atom is -0.481 e. The Morgan fingerprint density at radius 3 is 2.39 bits per heavy atom. The molecule has 0 bridgehead atoms. The van der Waals surface area contributed by atoms with Gasteiger partial charge in [-0.2, -0.15) is 5.10 Å². The lowest BCUT2D eigenvalue weighted by molar-refractivity contribution is 0.370. The minimum atomic E-state index is 0. The molecular formula is C31H24ClN5O. The van der Waals surface area contributed by atoms with Crippen LogP contribution < -0.4 is 10.1 Å². The van der Waals surface area contributed by atoms with Crippen molar-refractivity contribution in [2.75, 3.05) is 11.9 Å². The number of rotatable bonds is 7. The van der Waals surface area contributed by atoms with Gasteiger partial charge in [-0.05, 0) is 48.0 Å². The van der Waals surface area contributed by atoms with Gasteiger partial charge in [-0.25, -0.2) is 4.98 Å². The van der Waals surface area contributed by atoms with Crippen molar-refractivity contribution in [1.29, 1.82) is 0 Å². The number of nitrogens with zero attached hydrogens (tertiary/aromatic N) is 4. The van der Waals surface area contributed by atoms with Gasteiger partial charge in [0.2, 0.25) is 0 Å². The molecule has 0 radical (unpaired) electrons. The first-order valence-corrected chi connectivity index (χ1v) is 12.0. The predicted octanol–water partition coefficient (Wildman–Crippen LogP) is 6.74. The molecule has 0 fully saturated rings. The molecule has 0 aliphatic heterocycles. The molecule has 0 aliphatic rings. The smallest absolute Gasteiger partial charge is 0.160 e. The average Bonchev–Trinajstić information content (AvgIpc) is 3.38. The number of para-hydroxylation sites is 1. The van der Waals surface area contributed by atoms with Crippen molar-refractivity contribution in [2.45, 2.75) is 6.42 Å². The normalized spacial score (nSPS) is 10.6. The standard InChI is InChI=1S/C31H23N5O.ClH/c1-2-18-37-25-15-12-22(13-16-25)19-28-26-10-6-7-11-27(26)31(35-34-28)33-23-14-17-30-29(20-23)32-21-36(30)24-8-4-3-5-9-24;/h1,3-17,20-21H,18-19H2,(H,33,35);1H. The van der Waals surface area contributed by atoms with Gasteiger partial charge in [-0.15, -0.1) is 23.9 Å². The minimum absolute atomic E-state index is 0. The Balaban J connectivity index is 0.00000294. The van der Waals surface area contributed by atoms with E-state index in [1.54, 1.807) is 0 Å². The summed E-state index contributed by atoms with van der Waals surface area (Å²) in [5, 5.41) is 14.7. The van der Waals surface area contributed by atoms with Crippen LogP contribution in [0.1, 0.15) is 11.3 Å². The Morgan fingerprint density at radius 2 is 1.61 bits per heavy atom. The monoisotopic (exact) mass is 517 g/mol. The van der Waals surface area contributed by atoms with Crippen LogP contribution in [0.2, 0.25) is 0 Å². The SMILES string of the molecule is C#CCOc1ccc(Cc2nnc(Nc3ccc4c(c3)ncn4-c3ccccc3)c3ccccc23)cc1.Cl. The van der Waals surface area contributed by atoms with Crippen LogP contribution in [0, 0.1) is 12.3 Å². The van der Waals surface area contributed by atoms with Crippen molar-refractivity contribution in [2.24, 2.45) is 0 Å². The van der Waals surface area contributed by atoms with Crippen LogP contribution >= 0.6 is 12.4 Å². The van der Waals surface area contributed by atoms with E-state index in [-0.39, 0.29) is 19.0 Å². The lowest BCUT2D eigenvalue weighted by atomic mass is 10.0. The van der Waals surface area contributed by atoms with Gasteiger partial charge in [0.05, 0.1) is 16.7 Å². The van der Waals surface area contributed by atoms with E-state index in [4.69, 9.17) is 11.2 Å². The number of fused-ring (bicyclic) bond motifs is 2. The van der Waals surface area contributed by atoms with E-state index in [1.807, 2.05) is 73.1 Å². The molecule has 0 atom stereocenters. The lowest BCUT2D eigenvalue weighted by Crippen LogP contribution is -2.02. The molecule has 6 aromatic rings. The summed E-state index contributed by atoms with van der Waals surface area (Å²) in [4.78, 5) is 4.61. The van der Waals surface area contributed by atoms with E-state index in [1.165, 1.54) is 0 Å². The highest BCUT2D eigenvalue weighted by Gasteiger charge is 2.12. The Bertz CT molecular complexity index is 1740. The predicted molar refractivity (Wildman–Crippen MR) is 155 cm³/mol. The second-order valence-corrected chi connectivity index (χ2v) is 8.63. The van der Waals surface area contributed by atoms with E-state index >= 15 is 0 Å². The number of benzene rings is 4. The number of imidazole rings is 1. The fraction of sp³-hybridized carbons (Fsp3) is 0.0645. The summed E-state index contributed by atoms with van der Waals surface area (Å²) in [7, 11) is 0. The van der Waals surface area contributed by atoms with E-state index in [0.717, 1.165) is 50.2 Å². The average molecular weight is 518 g/mol. The molecule has 0 amide bonds.